The van der Waals surface area contributed by atoms with E-state index in [1.54, 1.807) is 26.0 Å². The number of sulfonamides is 1. The van der Waals surface area contributed by atoms with Crippen LogP contribution in [0.15, 0.2) is 41.3 Å². The van der Waals surface area contributed by atoms with E-state index in [2.05, 4.69) is 4.72 Å². The summed E-state index contributed by atoms with van der Waals surface area (Å²) in [5.41, 5.74) is 0.196. The van der Waals surface area contributed by atoms with Gasteiger partial charge in [0.05, 0.1) is 27.4 Å². The van der Waals surface area contributed by atoms with Crippen molar-refractivity contribution in [3.05, 3.63) is 51.2 Å². The van der Waals surface area contributed by atoms with E-state index in [-0.39, 0.29) is 17.1 Å². The van der Waals surface area contributed by atoms with Crippen LogP contribution < -0.4 is 4.72 Å². The predicted molar refractivity (Wildman–Crippen MR) is 90.5 cm³/mol. The smallest absolute Gasteiger partial charge is 0.338 e. The van der Waals surface area contributed by atoms with Crippen LogP contribution >= 0.6 is 22.9 Å². The summed E-state index contributed by atoms with van der Waals surface area (Å²) in [5, 5.41) is 0. The van der Waals surface area contributed by atoms with Gasteiger partial charge in [0.25, 0.3) is 0 Å². The molecular weight excluding hydrogens is 358 g/mol. The predicted octanol–water partition coefficient (Wildman–Crippen LogP) is 3.62. The second-order valence-electron chi connectivity index (χ2n) is 4.73. The Hall–Kier alpha value is -1.41. The number of carbonyl (C=O) groups is 1. The van der Waals surface area contributed by atoms with Gasteiger partial charge in [-0.2, -0.15) is 0 Å². The molecule has 1 aromatic heterocycles. The second kappa shape index (κ2) is 7.44. The number of benzene rings is 1. The standard InChI is InChI=1S/C15H16ClNO4S2/c1-3-21-15(18)11-5-4-6-12(9-11)23(19,20)17-10(2)13-7-8-14(16)22-13/h4-10,17H,3H2,1-2H3. The minimum absolute atomic E-state index is 0.0116. The van der Waals surface area contributed by atoms with Crippen LogP contribution in [0, 0.1) is 0 Å². The Bertz CT molecular complexity index is 801. The zero-order chi connectivity index (χ0) is 17.0. The van der Waals surface area contributed by atoms with E-state index >= 15 is 0 Å². The molecule has 5 nitrogen and oxygen atoms in total. The Balaban J connectivity index is 2.22. The summed E-state index contributed by atoms with van der Waals surface area (Å²) >= 11 is 7.18. The lowest BCUT2D eigenvalue weighted by atomic mass is 10.2. The number of rotatable bonds is 6. The maximum atomic E-state index is 12.5. The Morgan fingerprint density at radius 1 is 1.35 bits per heavy atom. The maximum Gasteiger partial charge on any atom is 0.338 e. The molecule has 0 saturated carbocycles. The first kappa shape index (κ1) is 17.9. The zero-order valence-electron chi connectivity index (χ0n) is 12.6. The zero-order valence-corrected chi connectivity index (χ0v) is 15.0. The highest BCUT2D eigenvalue weighted by Crippen LogP contribution is 2.27. The van der Waals surface area contributed by atoms with Crippen LogP contribution in [0.2, 0.25) is 4.34 Å². The summed E-state index contributed by atoms with van der Waals surface area (Å²) < 4.78 is 33.0. The molecule has 0 aliphatic heterocycles. The van der Waals surface area contributed by atoms with Crippen LogP contribution in [0.5, 0.6) is 0 Å². The van der Waals surface area contributed by atoms with Crippen molar-refractivity contribution in [2.45, 2.75) is 24.8 Å². The fraction of sp³-hybridized carbons (Fsp3) is 0.267. The first-order valence-corrected chi connectivity index (χ1v) is 9.56. The number of esters is 1. The monoisotopic (exact) mass is 373 g/mol. The average molecular weight is 374 g/mol. The molecule has 1 unspecified atom stereocenters. The third kappa shape index (κ3) is 4.54. The van der Waals surface area contributed by atoms with E-state index in [9.17, 15) is 13.2 Å². The normalized spacial score (nSPS) is 12.8. The summed E-state index contributed by atoms with van der Waals surface area (Å²) in [7, 11) is -3.76. The lowest BCUT2D eigenvalue weighted by Gasteiger charge is -2.13. The number of nitrogens with one attached hydrogen (secondary N) is 1. The molecule has 0 amide bonds. The fourth-order valence-corrected chi connectivity index (χ4v) is 4.33. The van der Waals surface area contributed by atoms with Gasteiger partial charge in [0.2, 0.25) is 10.0 Å². The lowest BCUT2D eigenvalue weighted by Crippen LogP contribution is -2.26. The Morgan fingerprint density at radius 3 is 2.70 bits per heavy atom. The highest BCUT2D eigenvalue weighted by Gasteiger charge is 2.21. The van der Waals surface area contributed by atoms with Crippen molar-refractivity contribution in [3.63, 3.8) is 0 Å². The highest BCUT2D eigenvalue weighted by atomic mass is 35.5. The molecule has 0 aliphatic carbocycles. The van der Waals surface area contributed by atoms with Crippen LogP contribution in [0.25, 0.3) is 0 Å². The first-order chi connectivity index (χ1) is 10.8. The Kier molecular flexibility index (Phi) is 5.80. The Labute approximate surface area is 144 Å². The van der Waals surface area contributed by atoms with Crippen molar-refractivity contribution in [2.75, 3.05) is 6.61 Å². The number of thiophene rings is 1. The average Bonchev–Trinajstić information content (AvgIpc) is 2.94. The molecule has 2 aromatic rings. The molecule has 0 fully saturated rings. The van der Waals surface area contributed by atoms with Crippen LogP contribution in [0.3, 0.4) is 0 Å². The molecule has 0 saturated heterocycles. The molecule has 2 rings (SSSR count). The molecule has 0 bridgehead atoms. The molecular formula is C15H16ClNO4S2. The van der Waals surface area contributed by atoms with Gasteiger partial charge in [-0.15, -0.1) is 11.3 Å². The van der Waals surface area contributed by atoms with E-state index in [1.165, 1.54) is 35.6 Å². The minimum Gasteiger partial charge on any atom is -0.462 e. The Morgan fingerprint density at radius 2 is 2.09 bits per heavy atom. The number of hydrogen-bond acceptors (Lipinski definition) is 5. The van der Waals surface area contributed by atoms with Crippen LogP contribution in [-0.4, -0.2) is 21.0 Å². The number of hydrogen-bond donors (Lipinski definition) is 1. The van der Waals surface area contributed by atoms with Gasteiger partial charge in [-0.25, -0.2) is 17.9 Å². The highest BCUT2D eigenvalue weighted by molar-refractivity contribution is 7.89. The van der Waals surface area contributed by atoms with Crippen molar-refractivity contribution in [1.82, 2.24) is 4.72 Å². The van der Waals surface area contributed by atoms with E-state index in [1.807, 2.05) is 0 Å². The largest absolute Gasteiger partial charge is 0.462 e. The molecule has 1 aromatic carbocycles. The summed E-state index contributed by atoms with van der Waals surface area (Å²) in [4.78, 5) is 12.5. The van der Waals surface area contributed by atoms with Crippen LogP contribution in [0.4, 0.5) is 0 Å². The molecule has 0 aliphatic rings. The lowest BCUT2D eigenvalue weighted by molar-refractivity contribution is 0.0526. The number of carbonyl (C=O) groups excluding carboxylic acids is 1. The van der Waals surface area contributed by atoms with E-state index in [4.69, 9.17) is 16.3 Å². The van der Waals surface area contributed by atoms with E-state index < -0.39 is 22.0 Å². The molecule has 0 spiro atoms. The van der Waals surface area contributed by atoms with Crippen molar-refractivity contribution in [2.24, 2.45) is 0 Å². The summed E-state index contributed by atoms with van der Waals surface area (Å²) in [6.45, 7) is 3.65. The van der Waals surface area contributed by atoms with Gasteiger partial charge in [0.15, 0.2) is 0 Å². The summed E-state index contributed by atoms with van der Waals surface area (Å²) in [5.74, 6) is -0.553. The quantitative estimate of drug-likeness (QED) is 0.785. The van der Waals surface area contributed by atoms with Gasteiger partial charge in [0, 0.05) is 4.88 Å². The SMILES string of the molecule is CCOC(=O)c1cccc(S(=O)(=O)NC(C)c2ccc(Cl)s2)c1. The topological polar surface area (TPSA) is 72.5 Å². The third-order valence-corrected chi connectivity index (χ3v) is 5.96. The molecule has 0 radical (unpaired) electrons. The molecule has 1 atom stereocenters. The van der Waals surface area contributed by atoms with Crippen molar-refractivity contribution >= 4 is 38.9 Å². The minimum atomic E-state index is -3.76. The number of ether oxygens (including phenoxy) is 1. The van der Waals surface area contributed by atoms with Gasteiger partial charge >= 0.3 is 5.97 Å². The van der Waals surface area contributed by atoms with Crippen LogP contribution in [0.1, 0.15) is 35.1 Å². The molecule has 23 heavy (non-hydrogen) atoms. The van der Waals surface area contributed by atoms with Crippen molar-refractivity contribution < 1.29 is 17.9 Å². The molecule has 124 valence electrons. The first-order valence-electron chi connectivity index (χ1n) is 6.88. The van der Waals surface area contributed by atoms with Gasteiger partial charge in [0.1, 0.15) is 0 Å². The van der Waals surface area contributed by atoms with Gasteiger partial charge in [-0.05, 0) is 44.2 Å². The summed E-state index contributed by atoms with van der Waals surface area (Å²) in [6.07, 6.45) is 0. The van der Waals surface area contributed by atoms with E-state index in [0.29, 0.717) is 4.34 Å². The fourth-order valence-electron chi connectivity index (χ4n) is 1.92. The van der Waals surface area contributed by atoms with Gasteiger partial charge in [-0.1, -0.05) is 17.7 Å². The molecule has 1 heterocycles. The maximum absolute atomic E-state index is 12.5. The summed E-state index contributed by atoms with van der Waals surface area (Å²) in [6, 6.07) is 8.81. The molecule has 8 heteroatoms. The van der Waals surface area contributed by atoms with Crippen molar-refractivity contribution in [3.8, 4) is 0 Å². The second-order valence-corrected chi connectivity index (χ2v) is 8.19. The van der Waals surface area contributed by atoms with Gasteiger partial charge < -0.3 is 4.74 Å². The molecule has 1 N–H and O–H groups in total. The van der Waals surface area contributed by atoms with E-state index in [0.717, 1.165) is 4.88 Å². The van der Waals surface area contributed by atoms with Crippen LogP contribution in [-0.2, 0) is 14.8 Å². The van der Waals surface area contributed by atoms with Gasteiger partial charge in [-0.3, -0.25) is 0 Å². The number of halogens is 1. The third-order valence-electron chi connectivity index (χ3n) is 3.01. The van der Waals surface area contributed by atoms with Crippen molar-refractivity contribution in [1.29, 1.82) is 0 Å².